The zero-order valence-corrected chi connectivity index (χ0v) is 19.6. The van der Waals surface area contributed by atoms with E-state index >= 15 is 0 Å². The minimum Gasteiger partial charge on any atom is -0.490 e. The van der Waals surface area contributed by atoms with Gasteiger partial charge in [-0.2, -0.15) is 9.50 Å². The molecule has 0 saturated heterocycles. The predicted molar refractivity (Wildman–Crippen MR) is 129 cm³/mol. The minimum absolute atomic E-state index is 0.214. The Labute approximate surface area is 195 Å². The minimum atomic E-state index is -0.214. The fraction of sp³-hybridized carbons (Fsp3) is 0.292. The second-order valence-electron chi connectivity index (χ2n) is 7.22. The normalized spacial score (nSPS) is 11.9. The molecule has 0 bridgehead atoms. The van der Waals surface area contributed by atoms with Gasteiger partial charge in [0.15, 0.2) is 17.3 Å². The molecule has 8 heteroatoms. The van der Waals surface area contributed by atoms with Crippen LogP contribution in [0, 0.1) is 0 Å². The van der Waals surface area contributed by atoms with Gasteiger partial charge in [0.25, 0.3) is 5.56 Å². The number of unbranched alkanes of at least 4 members (excludes halogenated alkanes) is 2. The second kappa shape index (κ2) is 10.1. The number of halogens is 1. The Bertz CT molecular complexity index is 1330. The molecule has 2 heterocycles. The number of fused-ring (bicyclic) bond motifs is 1. The average Bonchev–Trinajstić information content (AvgIpc) is 3.32. The van der Waals surface area contributed by atoms with Gasteiger partial charge in [-0.25, -0.2) is 0 Å². The van der Waals surface area contributed by atoms with E-state index in [0.717, 1.165) is 30.6 Å². The monoisotopic (exact) mass is 469 g/mol. The molecule has 0 aliphatic carbocycles. The van der Waals surface area contributed by atoms with E-state index in [1.54, 1.807) is 6.07 Å². The van der Waals surface area contributed by atoms with Crippen LogP contribution in [0.25, 0.3) is 22.4 Å². The van der Waals surface area contributed by atoms with Crippen molar-refractivity contribution in [2.75, 3.05) is 13.2 Å². The van der Waals surface area contributed by atoms with E-state index in [4.69, 9.17) is 21.1 Å². The zero-order chi connectivity index (χ0) is 22.5. The van der Waals surface area contributed by atoms with Crippen LogP contribution in [-0.2, 0) is 0 Å². The fourth-order valence-corrected chi connectivity index (χ4v) is 4.41. The Balaban J connectivity index is 1.64. The van der Waals surface area contributed by atoms with Gasteiger partial charge in [-0.1, -0.05) is 60.9 Å². The summed E-state index contributed by atoms with van der Waals surface area (Å²) in [6.45, 7) is 5.28. The molecule has 2 aromatic carbocycles. The van der Waals surface area contributed by atoms with Gasteiger partial charge in [0.05, 0.1) is 22.8 Å². The molecule has 0 unspecified atom stereocenters. The molecule has 4 rings (SSSR count). The smallest absolute Gasteiger partial charge is 0.291 e. The molecule has 0 fully saturated rings. The molecule has 6 nitrogen and oxygen atoms in total. The SMILES string of the molecule is CCCCCOc1ccc(/C=c2/sc3nc(-c4ccccc4Cl)nn3c2=O)cc1OCC. The van der Waals surface area contributed by atoms with Crippen LogP contribution in [0.1, 0.15) is 38.7 Å². The van der Waals surface area contributed by atoms with Crippen LogP contribution in [0.3, 0.4) is 0 Å². The average molecular weight is 470 g/mol. The van der Waals surface area contributed by atoms with Crippen molar-refractivity contribution in [3.8, 4) is 22.9 Å². The Morgan fingerprint density at radius 1 is 1.09 bits per heavy atom. The summed E-state index contributed by atoms with van der Waals surface area (Å²) < 4.78 is 13.5. The zero-order valence-electron chi connectivity index (χ0n) is 18.0. The highest BCUT2D eigenvalue weighted by Gasteiger charge is 2.14. The van der Waals surface area contributed by atoms with Crippen molar-refractivity contribution >= 4 is 34.0 Å². The first-order valence-electron chi connectivity index (χ1n) is 10.7. The number of nitrogens with zero attached hydrogens (tertiary/aromatic N) is 3. The van der Waals surface area contributed by atoms with Gasteiger partial charge >= 0.3 is 0 Å². The molecule has 4 aromatic rings. The Morgan fingerprint density at radius 2 is 1.94 bits per heavy atom. The Morgan fingerprint density at radius 3 is 2.69 bits per heavy atom. The van der Waals surface area contributed by atoms with Crippen molar-refractivity contribution in [2.24, 2.45) is 0 Å². The van der Waals surface area contributed by atoms with Crippen LogP contribution in [0.15, 0.2) is 47.3 Å². The van der Waals surface area contributed by atoms with Crippen LogP contribution in [0.2, 0.25) is 5.02 Å². The lowest BCUT2D eigenvalue weighted by Crippen LogP contribution is -2.23. The van der Waals surface area contributed by atoms with Crippen LogP contribution in [0.5, 0.6) is 11.5 Å². The topological polar surface area (TPSA) is 65.7 Å². The predicted octanol–water partition coefficient (Wildman–Crippen LogP) is 4.99. The maximum Gasteiger partial charge on any atom is 0.291 e. The maximum atomic E-state index is 12.9. The number of benzene rings is 2. The van der Waals surface area contributed by atoms with E-state index in [-0.39, 0.29) is 5.56 Å². The summed E-state index contributed by atoms with van der Waals surface area (Å²) in [4.78, 5) is 17.9. The highest BCUT2D eigenvalue weighted by Crippen LogP contribution is 2.29. The molecule has 166 valence electrons. The van der Waals surface area contributed by atoms with Gasteiger partial charge < -0.3 is 9.47 Å². The molecule has 0 amide bonds. The van der Waals surface area contributed by atoms with E-state index in [1.165, 1.54) is 15.9 Å². The molecular weight excluding hydrogens is 446 g/mol. The van der Waals surface area contributed by atoms with Crippen LogP contribution in [0.4, 0.5) is 0 Å². The summed E-state index contributed by atoms with van der Waals surface area (Å²) in [5.74, 6) is 1.83. The molecule has 0 aliphatic rings. The van der Waals surface area contributed by atoms with E-state index in [0.29, 0.717) is 44.9 Å². The number of hydrogen-bond acceptors (Lipinski definition) is 6. The molecule has 2 aromatic heterocycles. The molecule has 0 atom stereocenters. The molecule has 0 radical (unpaired) electrons. The summed E-state index contributed by atoms with van der Waals surface area (Å²) in [7, 11) is 0. The van der Waals surface area contributed by atoms with E-state index < -0.39 is 0 Å². The fourth-order valence-electron chi connectivity index (χ4n) is 3.28. The standard InChI is InChI=1S/C24H24ClN3O3S/c1-3-5-8-13-31-19-12-11-16(14-20(19)30-4-2)15-21-23(29)28-24(32-21)26-22(27-28)17-9-6-7-10-18(17)25/h6-7,9-12,14-15H,3-5,8,13H2,1-2H3/b21-15+. The summed E-state index contributed by atoms with van der Waals surface area (Å²) in [5, 5.41) is 4.92. The summed E-state index contributed by atoms with van der Waals surface area (Å²) in [6, 6.07) is 13.0. The number of rotatable bonds is 9. The molecule has 0 aliphatic heterocycles. The van der Waals surface area contributed by atoms with Crippen molar-refractivity contribution in [1.29, 1.82) is 0 Å². The van der Waals surface area contributed by atoms with Crippen molar-refractivity contribution in [2.45, 2.75) is 33.1 Å². The van der Waals surface area contributed by atoms with Crippen molar-refractivity contribution in [3.63, 3.8) is 0 Å². The third-order valence-corrected chi connectivity index (χ3v) is 6.16. The van der Waals surface area contributed by atoms with Crippen LogP contribution >= 0.6 is 22.9 Å². The van der Waals surface area contributed by atoms with Gasteiger partial charge in [0.2, 0.25) is 4.96 Å². The van der Waals surface area contributed by atoms with Gasteiger partial charge in [-0.3, -0.25) is 4.79 Å². The number of thiazole rings is 1. The van der Waals surface area contributed by atoms with E-state index in [2.05, 4.69) is 17.0 Å². The summed E-state index contributed by atoms with van der Waals surface area (Å²) >= 11 is 7.53. The first kappa shape index (κ1) is 22.3. The largest absolute Gasteiger partial charge is 0.490 e. The quantitative estimate of drug-likeness (QED) is 0.323. The lowest BCUT2D eigenvalue weighted by Gasteiger charge is -2.12. The van der Waals surface area contributed by atoms with E-state index in [9.17, 15) is 4.79 Å². The first-order chi connectivity index (χ1) is 15.6. The molecule has 0 N–H and O–H groups in total. The first-order valence-corrected chi connectivity index (χ1v) is 11.9. The van der Waals surface area contributed by atoms with Gasteiger partial charge in [-0.15, -0.1) is 5.10 Å². The lowest BCUT2D eigenvalue weighted by atomic mass is 10.2. The highest BCUT2D eigenvalue weighted by atomic mass is 35.5. The van der Waals surface area contributed by atoms with Crippen molar-refractivity contribution < 1.29 is 9.47 Å². The van der Waals surface area contributed by atoms with Crippen LogP contribution in [-0.4, -0.2) is 27.8 Å². The number of aromatic nitrogens is 3. The van der Waals surface area contributed by atoms with E-state index in [1.807, 2.05) is 49.4 Å². The lowest BCUT2D eigenvalue weighted by molar-refractivity contribution is 0.271. The van der Waals surface area contributed by atoms with Gasteiger partial charge in [0, 0.05) is 5.56 Å². The molecule has 32 heavy (non-hydrogen) atoms. The number of ether oxygens (including phenoxy) is 2. The molecule has 0 spiro atoms. The van der Waals surface area contributed by atoms with Gasteiger partial charge in [0.1, 0.15) is 0 Å². The third-order valence-electron chi connectivity index (χ3n) is 4.87. The molecule has 0 saturated carbocycles. The third kappa shape index (κ3) is 4.79. The maximum absolute atomic E-state index is 12.9. The van der Waals surface area contributed by atoms with Crippen molar-refractivity contribution in [1.82, 2.24) is 14.6 Å². The van der Waals surface area contributed by atoms with Crippen molar-refractivity contribution in [3.05, 3.63) is 67.9 Å². The number of hydrogen-bond donors (Lipinski definition) is 0. The molecular formula is C24H24ClN3O3S. The summed E-state index contributed by atoms with van der Waals surface area (Å²) in [6.07, 6.45) is 5.11. The Hall–Kier alpha value is -2.90. The Kier molecular flexibility index (Phi) is 7.07. The summed E-state index contributed by atoms with van der Waals surface area (Å²) in [5.41, 5.74) is 1.34. The van der Waals surface area contributed by atoms with Crippen LogP contribution < -0.4 is 19.6 Å². The van der Waals surface area contributed by atoms with Gasteiger partial charge in [-0.05, 0) is 49.2 Å². The highest BCUT2D eigenvalue weighted by molar-refractivity contribution is 7.15. The second-order valence-corrected chi connectivity index (χ2v) is 8.64.